The van der Waals surface area contributed by atoms with Crippen molar-refractivity contribution in [3.8, 4) is 0 Å². The van der Waals surface area contributed by atoms with E-state index in [0.717, 1.165) is 44.3 Å². The van der Waals surface area contributed by atoms with E-state index in [1.54, 1.807) is 35.4 Å². The number of nitrogens with zero attached hydrogens (tertiary/aromatic N) is 1. The van der Waals surface area contributed by atoms with E-state index < -0.39 is 10.0 Å². The van der Waals surface area contributed by atoms with E-state index in [1.807, 2.05) is 6.07 Å². The molecule has 2 aromatic rings. The van der Waals surface area contributed by atoms with Crippen LogP contribution >= 0.6 is 0 Å². The maximum atomic E-state index is 13.0. The van der Waals surface area contributed by atoms with E-state index in [2.05, 4.69) is 4.72 Å². The van der Waals surface area contributed by atoms with Crippen LogP contribution in [-0.4, -0.2) is 31.3 Å². The molecular weight excluding hydrogens is 364 g/mol. The van der Waals surface area contributed by atoms with Gasteiger partial charge in [0, 0.05) is 17.6 Å². The molecule has 2 saturated carbocycles. The van der Waals surface area contributed by atoms with Crippen molar-refractivity contribution in [1.82, 2.24) is 9.62 Å². The SMILES string of the molecule is O=C(c1cccc(S(=O)(=O)NC2CCCC2)c1)N(Cc1ccco1)C1CC1. The normalized spacial score (nSPS) is 17.9. The van der Waals surface area contributed by atoms with E-state index >= 15 is 0 Å². The monoisotopic (exact) mass is 388 g/mol. The Morgan fingerprint density at radius 2 is 1.89 bits per heavy atom. The Morgan fingerprint density at radius 1 is 1.11 bits per heavy atom. The highest BCUT2D eigenvalue weighted by molar-refractivity contribution is 7.89. The van der Waals surface area contributed by atoms with Crippen LogP contribution in [0.1, 0.15) is 54.6 Å². The highest BCUT2D eigenvalue weighted by Gasteiger charge is 2.34. The molecule has 6 nitrogen and oxygen atoms in total. The quantitative estimate of drug-likeness (QED) is 0.789. The number of amides is 1. The minimum atomic E-state index is -3.62. The summed E-state index contributed by atoms with van der Waals surface area (Å²) < 4.78 is 33.5. The molecule has 4 rings (SSSR count). The number of hydrogen-bond acceptors (Lipinski definition) is 4. The fraction of sp³-hybridized carbons (Fsp3) is 0.450. The molecule has 1 heterocycles. The fourth-order valence-corrected chi connectivity index (χ4v) is 4.97. The lowest BCUT2D eigenvalue weighted by Gasteiger charge is -2.22. The molecule has 0 spiro atoms. The summed E-state index contributed by atoms with van der Waals surface area (Å²) in [5.74, 6) is 0.564. The first-order valence-corrected chi connectivity index (χ1v) is 11.0. The lowest BCUT2D eigenvalue weighted by atomic mass is 10.2. The largest absolute Gasteiger partial charge is 0.467 e. The van der Waals surface area contributed by atoms with Gasteiger partial charge in [-0.1, -0.05) is 18.9 Å². The Morgan fingerprint density at radius 3 is 2.56 bits per heavy atom. The van der Waals surface area contributed by atoms with E-state index in [9.17, 15) is 13.2 Å². The Labute approximate surface area is 159 Å². The number of carbonyl (C=O) groups is 1. The first-order valence-electron chi connectivity index (χ1n) is 9.49. The van der Waals surface area contributed by atoms with E-state index in [1.165, 1.54) is 6.07 Å². The van der Waals surface area contributed by atoms with Crippen molar-refractivity contribution in [2.45, 2.75) is 62.0 Å². The zero-order chi connectivity index (χ0) is 18.9. The zero-order valence-electron chi connectivity index (χ0n) is 15.1. The first-order chi connectivity index (χ1) is 13.0. The number of nitrogens with one attached hydrogen (secondary N) is 1. The van der Waals surface area contributed by atoms with Crippen molar-refractivity contribution in [3.63, 3.8) is 0 Å². The van der Waals surface area contributed by atoms with Gasteiger partial charge in [-0.2, -0.15) is 0 Å². The van der Waals surface area contributed by atoms with Gasteiger partial charge in [-0.25, -0.2) is 13.1 Å². The first kappa shape index (κ1) is 18.3. The van der Waals surface area contributed by atoms with Crippen LogP contribution in [0.4, 0.5) is 0 Å². The average molecular weight is 388 g/mol. The second kappa shape index (κ2) is 7.48. The minimum absolute atomic E-state index is 0.00345. The molecule has 2 fully saturated rings. The molecule has 0 bridgehead atoms. The molecule has 2 aliphatic rings. The van der Waals surface area contributed by atoms with Crippen molar-refractivity contribution in [3.05, 3.63) is 54.0 Å². The van der Waals surface area contributed by atoms with Crippen molar-refractivity contribution < 1.29 is 17.6 Å². The molecule has 0 aliphatic heterocycles. The number of hydrogen-bond donors (Lipinski definition) is 1. The summed E-state index contributed by atoms with van der Waals surface area (Å²) in [6, 6.07) is 10.2. The molecule has 0 atom stereocenters. The van der Waals surface area contributed by atoms with E-state index in [4.69, 9.17) is 4.42 Å². The predicted octanol–water partition coefficient (Wildman–Crippen LogP) is 3.31. The van der Waals surface area contributed by atoms with Crippen LogP contribution in [0.5, 0.6) is 0 Å². The van der Waals surface area contributed by atoms with Gasteiger partial charge >= 0.3 is 0 Å². The van der Waals surface area contributed by atoms with Gasteiger partial charge in [-0.3, -0.25) is 4.79 Å². The molecule has 27 heavy (non-hydrogen) atoms. The smallest absolute Gasteiger partial charge is 0.254 e. The second-order valence-electron chi connectivity index (χ2n) is 7.37. The standard InChI is InChI=1S/C20H24N2O4S/c23-20(22(17-10-11-17)14-18-8-4-12-26-18)15-5-3-9-19(13-15)27(24,25)21-16-6-1-2-7-16/h3-5,8-9,12-13,16-17,21H,1-2,6-7,10-11,14H2. The Kier molecular flexibility index (Phi) is 5.06. The van der Waals surface area contributed by atoms with Crippen molar-refractivity contribution in [2.24, 2.45) is 0 Å². The van der Waals surface area contributed by atoms with Crippen LogP contribution in [-0.2, 0) is 16.6 Å². The summed E-state index contributed by atoms with van der Waals surface area (Å²) >= 11 is 0. The van der Waals surface area contributed by atoms with Crippen LogP contribution in [0.2, 0.25) is 0 Å². The maximum absolute atomic E-state index is 13.0. The van der Waals surface area contributed by atoms with E-state index in [-0.39, 0.29) is 22.9 Å². The van der Waals surface area contributed by atoms with Crippen LogP contribution < -0.4 is 4.72 Å². The number of benzene rings is 1. The van der Waals surface area contributed by atoms with Crippen LogP contribution in [0.3, 0.4) is 0 Å². The number of furan rings is 1. The van der Waals surface area contributed by atoms with Gasteiger partial charge in [0.1, 0.15) is 5.76 Å². The summed E-state index contributed by atoms with van der Waals surface area (Å²) in [5, 5.41) is 0. The highest BCUT2D eigenvalue weighted by Crippen LogP contribution is 2.30. The molecular formula is C20H24N2O4S. The van der Waals surface area contributed by atoms with Gasteiger partial charge < -0.3 is 9.32 Å². The highest BCUT2D eigenvalue weighted by atomic mass is 32.2. The molecule has 1 amide bonds. The molecule has 144 valence electrons. The van der Waals surface area contributed by atoms with Gasteiger partial charge in [-0.15, -0.1) is 0 Å². The maximum Gasteiger partial charge on any atom is 0.254 e. The number of rotatable bonds is 7. The minimum Gasteiger partial charge on any atom is -0.467 e. The summed E-state index contributed by atoms with van der Waals surface area (Å²) in [5.41, 5.74) is 0.391. The van der Waals surface area contributed by atoms with E-state index in [0.29, 0.717) is 12.1 Å². The van der Waals surface area contributed by atoms with Crippen LogP contribution in [0.25, 0.3) is 0 Å². The third kappa shape index (κ3) is 4.25. The number of carbonyl (C=O) groups excluding carboxylic acids is 1. The van der Waals surface area contributed by atoms with Gasteiger partial charge in [0.15, 0.2) is 0 Å². The van der Waals surface area contributed by atoms with Crippen molar-refractivity contribution >= 4 is 15.9 Å². The summed E-state index contributed by atoms with van der Waals surface area (Å²) in [6.45, 7) is 0.397. The summed E-state index contributed by atoms with van der Waals surface area (Å²) in [7, 11) is -3.62. The zero-order valence-corrected chi connectivity index (χ0v) is 16.0. The van der Waals surface area contributed by atoms with Gasteiger partial charge in [0.2, 0.25) is 10.0 Å². The molecule has 7 heteroatoms. The molecule has 0 unspecified atom stereocenters. The van der Waals surface area contributed by atoms with Crippen LogP contribution in [0.15, 0.2) is 52.0 Å². The molecule has 1 N–H and O–H groups in total. The molecule has 1 aromatic heterocycles. The lowest BCUT2D eigenvalue weighted by molar-refractivity contribution is 0.0717. The topological polar surface area (TPSA) is 79.6 Å². The molecule has 0 radical (unpaired) electrons. The Bertz CT molecular complexity index is 898. The predicted molar refractivity (Wildman–Crippen MR) is 101 cm³/mol. The Balaban J connectivity index is 1.54. The van der Waals surface area contributed by atoms with Crippen molar-refractivity contribution in [2.75, 3.05) is 0 Å². The van der Waals surface area contributed by atoms with Gasteiger partial charge in [0.25, 0.3) is 5.91 Å². The molecule has 0 saturated heterocycles. The number of sulfonamides is 1. The molecule has 2 aliphatic carbocycles. The Hall–Kier alpha value is -2.12. The van der Waals surface area contributed by atoms with Crippen molar-refractivity contribution in [1.29, 1.82) is 0 Å². The summed E-state index contributed by atoms with van der Waals surface area (Å²) in [6.07, 6.45) is 7.37. The third-order valence-corrected chi connectivity index (χ3v) is 6.74. The summed E-state index contributed by atoms with van der Waals surface area (Å²) in [4.78, 5) is 15.0. The second-order valence-corrected chi connectivity index (χ2v) is 9.09. The lowest BCUT2D eigenvalue weighted by Crippen LogP contribution is -2.34. The third-order valence-electron chi connectivity index (χ3n) is 5.22. The van der Waals surface area contributed by atoms with Gasteiger partial charge in [-0.05, 0) is 56.0 Å². The fourth-order valence-electron chi connectivity index (χ4n) is 3.62. The van der Waals surface area contributed by atoms with Crippen LogP contribution in [0, 0.1) is 0 Å². The molecule has 1 aromatic carbocycles. The van der Waals surface area contributed by atoms with Gasteiger partial charge in [0.05, 0.1) is 17.7 Å². The average Bonchev–Trinajstić information content (AvgIpc) is 3.14.